The molecule has 30 heavy (non-hydrogen) atoms. The van der Waals surface area contributed by atoms with E-state index in [4.69, 9.17) is 10.5 Å². The minimum absolute atomic E-state index is 0.0476. The third-order valence-electron chi connectivity index (χ3n) is 4.94. The molecular formula is C21H42N6O3. The highest BCUT2D eigenvalue weighted by Crippen LogP contribution is 2.16. The Morgan fingerprint density at radius 3 is 2.27 bits per heavy atom. The number of likely N-dealkylation sites (tertiary alicyclic amines) is 1. The van der Waals surface area contributed by atoms with E-state index in [-0.39, 0.29) is 11.8 Å². The van der Waals surface area contributed by atoms with E-state index in [1.54, 1.807) is 7.05 Å². The number of nitrogens with two attached hydrogens (primary N) is 1. The van der Waals surface area contributed by atoms with E-state index in [2.05, 4.69) is 25.8 Å². The third-order valence-corrected chi connectivity index (χ3v) is 4.94. The van der Waals surface area contributed by atoms with Crippen LogP contribution in [0.5, 0.6) is 0 Å². The lowest BCUT2D eigenvalue weighted by molar-refractivity contribution is -0.123. The van der Waals surface area contributed by atoms with Crippen LogP contribution in [0.15, 0.2) is 4.99 Å². The van der Waals surface area contributed by atoms with Crippen molar-refractivity contribution in [2.45, 2.75) is 71.4 Å². The molecule has 0 aromatic rings. The molecule has 5 N–H and O–H groups in total. The predicted octanol–water partition coefficient (Wildman–Crippen LogP) is 1.43. The van der Waals surface area contributed by atoms with Gasteiger partial charge < -0.3 is 31.3 Å². The summed E-state index contributed by atoms with van der Waals surface area (Å²) in [5, 5.41) is 9.43. The number of rotatable bonds is 9. The van der Waals surface area contributed by atoms with E-state index in [1.165, 1.54) is 0 Å². The molecule has 1 aliphatic rings. The second-order valence-corrected chi connectivity index (χ2v) is 9.59. The molecule has 0 radical (unpaired) electrons. The first kappa shape index (κ1) is 26.0. The summed E-state index contributed by atoms with van der Waals surface area (Å²) in [7, 11) is 1.73. The Kier molecular flexibility index (Phi) is 10.4. The highest BCUT2D eigenvalue weighted by atomic mass is 16.6. The molecule has 0 aromatic carbocycles. The predicted molar refractivity (Wildman–Crippen MR) is 120 cm³/mol. The van der Waals surface area contributed by atoms with Gasteiger partial charge in [0.25, 0.3) is 0 Å². The van der Waals surface area contributed by atoms with Gasteiger partial charge in [-0.3, -0.25) is 9.79 Å². The van der Waals surface area contributed by atoms with Crippen LogP contribution >= 0.6 is 0 Å². The smallest absolute Gasteiger partial charge is 0.408 e. The summed E-state index contributed by atoms with van der Waals surface area (Å²) in [4.78, 5) is 29.8. The molecule has 0 atom stereocenters. The average Bonchev–Trinajstić information content (AvgIpc) is 2.62. The number of unbranched alkanes of at least 4 members (excludes halogenated alkanes) is 1. The standard InChI is InChI=1S/C21H42N6O3/c1-20(2,3)30-19(29)26-21(4,5)15-25-18(23-6)24-11-7-8-12-27-13-9-16(10-14-27)17(22)28/h16H,7-15H2,1-6H3,(H2,22,28)(H,26,29)(H2,23,24,25). The number of hydrogen-bond donors (Lipinski definition) is 4. The van der Waals surface area contributed by atoms with Gasteiger partial charge in [0.1, 0.15) is 5.60 Å². The van der Waals surface area contributed by atoms with Crippen molar-refractivity contribution in [3.8, 4) is 0 Å². The van der Waals surface area contributed by atoms with Crippen molar-refractivity contribution in [2.75, 3.05) is 39.8 Å². The number of nitrogens with one attached hydrogen (secondary N) is 3. The van der Waals surface area contributed by atoms with Crippen LogP contribution in [0.2, 0.25) is 0 Å². The normalized spacial score (nSPS) is 16.8. The topological polar surface area (TPSA) is 121 Å². The van der Waals surface area contributed by atoms with Gasteiger partial charge in [0.2, 0.25) is 5.91 Å². The van der Waals surface area contributed by atoms with Crippen LogP contribution < -0.4 is 21.7 Å². The van der Waals surface area contributed by atoms with E-state index in [9.17, 15) is 9.59 Å². The summed E-state index contributed by atoms with van der Waals surface area (Å²) in [6.07, 6.45) is 3.42. The van der Waals surface area contributed by atoms with Gasteiger partial charge in [0.05, 0.1) is 5.54 Å². The second-order valence-electron chi connectivity index (χ2n) is 9.59. The fourth-order valence-corrected chi connectivity index (χ4v) is 3.26. The van der Waals surface area contributed by atoms with Crippen molar-refractivity contribution in [1.29, 1.82) is 0 Å². The summed E-state index contributed by atoms with van der Waals surface area (Å²) < 4.78 is 5.32. The number of alkyl carbamates (subject to hydrolysis) is 1. The number of piperidine rings is 1. The number of guanidine groups is 1. The molecule has 1 saturated heterocycles. The lowest BCUT2D eigenvalue weighted by atomic mass is 9.96. The molecule has 0 bridgehead atoms. The molecule has 1 fully saturated rings. The molecule has 174 valence electrons. The maximum absolute atomic E-state index is 12.0. The Balaban J connectivity index is 2.21. The summed E-state index contributed by atoms with van der Waals surface area (Å²) >= 11 is 0. The van der Waals surface area contributed by atoms with Crippen molar-refractivity contribution in [2.24, 2.45) is 16.6 Å². The van der Waals surface area contributed by atoms with Gasteiger partial charge in [0, 0.05) is 26.1 Å². The monoisotopic (exact) mass is 426 g/mol. The van der Waals surface area contributed by atoms with Crippen molar-refractivity contribution in [3.05, 3.63) is 0 Å². The fraction of sp³-hybridized carbons (Fsp3) is 0.857. The molecule has 0 unspecified atom stereocenters. The zero-order valence-electron chi connectivity index (χ0n) is 19.6. The van der Waals surface area contributed by atoms with Crippen LogP contribution in [0.4, 0.5) is 4.79 Å². The van der Waals surface area contributed by atoms with Gasteiger partial charge in [-0.15, -0.1) is 0 Å². The van der Waals surface area contributed by atoms with E-state index in [0.29, 0.717) is 12.5 Å². The SMILES string of the molecule is CN=C(NCCCCN1CCC(C(N)=O)CC1)NCC(C)(C)NC(=O)OC(C)(C)C. The average molecular weight is 427 g/mol. The molecule has 1 rings (SSSR count). The molecule has 9 heteroatoms. The van der Waals surface area contributed by atoms with Gasteiger partial charge in [-0.05, 0) is 79.9 Å². The Bertz CT molecular complexity index is 578. The van der Waals surface area contributed by atoms with Crippen molar-refractivity contribution in [1.82, 2.24) is 20.9 Å². The molecule has 0 spiro atoms. The Morgan fingerprint density at radius 2 is 1.73 bits per heavy atom. The van der Waals surface area contributed by atoms with Crippen LogP contribution in [0.1, 0.15) is 60.3 Å². The number of carbonyl (C=O) groups excluding carboxylic acids is 2. The first-order chi connectivity index (χ1) is 13.9. The number of nitrogens with zero attached hydrogens (tertiary/aromatic N) is 2. The fourth-order valence-electron chi connectivity index (χ4n) is 3.26. The van der Waals surface area contributed by atoms with Crippen molar-refractivity contribution < 1.29 is 14.3 Å². The van der Waals surface area contributed by atoms with E-state index >= 15 is 0 Å². The largest absolute Gasteiger partial charge is 0.444 e. The highest BCUT2D eigenvalue weighted by Gasteiger charge is 2.25. The molecular weight excluding hydrogens is 384 g/mol. The zero-order valence-corrected chi connectivity index (χ0v) is 19.6. The first-order valence-corrected chi connectivity index (χ1v) is 10.9. The zero-order chi connectivity index (χ0) is 22.8. The van der Waals surface area contributed by atoms with Crippen LogP contribution in [0.3, 0.4) is 0 Å². The van der Waals surface area contributed by atoms with Gasteiger partial charge in [-0.2, -0.15) is 0 Å². The summed E-state index contributed by atoms with van der Waals surface area (Å²) in [6.45, 7) is 13.6. The van der Waals surface area contributed by atoms with Crippen LogP contribution in [-0.4, -0.2) is 73.8 Å². The van der Waals surface area contributed by atoms with Gasteiger partial charge in [-0.1, -0.05) is 0 Å². The minimum Gasteiger partial charge on any atom is -0.444 e. The molecule has 0 aromatic heterocycles. The number of hydrogen-bond acceptors (Lipinski definition) is 5. The molecule has 0 saturated carbocycles. The lowest BCUT2D eigenvalue weighted by Gasteiger charge is -2.30. The number of primary amides is 1. The molecule has 9 nitrogen and oxygen atoms in total. The van der Waals surface area contributed by atoms with Crippen LogP contribution in [0, 0.1) is 5.92 Å². The Labute approximate surface area is 181 Å². The number of amides is 2. The lowest BCUT2D eigenvalue weighted by Crippen LogP contribution is -2.54. The van der Waals surface area contributed by atoms with Crippen molar-refractivity contribution in [3.63, 3.8) is 0 Å². The third kappa shape index (κ3) is 11.2. The van der Waals surface area contributed by atoms with Gasteiger partial charge in [0.15, 0.2) is 5.96 Å². The van der Waals surface area contributed by atoms with E-state index < -0.39 is 17.2 Å². The van der Waals surface area contributed by atoms with Crippen LogP contribution in [0.25, 0.3) is 0 Å². The Morgan fingerprint density at radius 1 is 1.10 bits per heavy atom. The number of aliphatic imine (C=N–C) groups is 1. The molecule has 1 heterocycles. The highest BCUT2D eigenvalue weighted by molar-refractivity contribution is 5.79. The second kappa shape index (κ2) is 12.0. The first-order valence-electron chi connectivity index (χ1n) is 10.9. The summed E-state index contributed by atoms with van der Waals surface area (Å²) in [5.41, 5.74) is 4.37. The van der Waals surface area contributed by atoms with E-state index in [0.717, 1.165) is 51.9 Å². The van der Waals surface area contributed by atoms with Crippen LogP contribution in [-0.2, 0) is 9.53 Å². The van der Waals surface area contributed by atoms with Crippen molar-refractivity contribution >= 4 is 18.0 Å². The number of ether oxygens (including phenoxy) is 1. The minimum atomic E-state index is -0.525. The molecule has 2 amide bonds. The van der Waals surface area contributed by atoms with E-state index in [1.807, 2.05) is 34.6 Å². The molecule has 0 aliphatic carbocycles. The maximum Gasteiger partial charge on any atom is 0.408 e. The Hall–Kier alpha value is -2.03. The maximum atomic E-state index is 12.0. The van der Waals surface area contributed by atoms with Gasteiger partial charge in [-0.25, -0.2) is 4.79 Å². The quantitative estimate of drug-likeness (QED) is 0.251. The summed E-state index contributed by atoms with van der Waals surface area (Å²) in [6, 6.07) is 0. The number of carbonyl (C=O) groups is 2. The van der Waals surface area contributed by atoms with Gasteiger partial charge >= 0.3 is 6.09 Å². The summed E-state index contributed by atoms with van der Waals surface area (Å²) in [5.74, 6) is 0.588. The molecule has 1 aliphatic heterocycles.